The Morgan fingerprint density at radius 2 is 1.85 bits per heavy atom. The Morgan fingerprint density at radius 3 is 2.56 bits per heavy atom. The van der Waals surface area contributed by atoms with Crippen LogP contribution in [0.3, 0.4) is 0 Å². The van der Waals surface area contributed by atoms with Gasteiger partial charge in [0, 0.05) is 17.5 Å². The summed E-state index contributed by atoms with van der Waals surface area (Å²) in [6, 6.07) is 8.96. The Balaban J connectivity index is 0.000000314. The number of allylic oxidation sites excluding steroid dienone is 7. The van der Waals surface area contributed by atoms with Gasteiger partial charge in [-0.25, -0.2) is 0 Å². The zero-order valence-electron chi connectivity index (χ0n) is 17.1. The Hall–Kier alpha value is -2.15. The first kappa shape index (κ1) is 18.2. The molecular formula is C26H31N. The maximum atomic E-state index is 3.85. The summed E-state index contributed by atoms with van der Waals surface area (Å²) in [5.74, 6) is 0.653. The minimum absolute atomic E-state index is 0.138. The molecule has 3 aliphatic carbocycles. The van der Waals surface area contributed by atoms with Gasteiger partial charge in [0.25, 0.3) is 0 Å². The van der Waals surface area contributed by atoms with Crippen LogP contribution in [0.4, 0.5) is 0 Å². The van der Waals surface area contributed by atoms with Gasteiger partial charge in [-0.15, -0.1) is 0 Å². The molecule has 0 N–H and O–H groups in total. The van der Waals surface area contributed by atoms with E-state index >= 15 is 0 Å². The van der Waals surface area contributed by atoms with Crippen molar-refractivity contribution in [2.75, 3.05) is 6.54 Å². The second-order valence-corrected chi connectivity index (χ2v) is 9.56. The minimum Gasteiger partial charge on any atom is -0.289 e. The van der Waals surface area contributed by atoms with Gasteiger partial charge in [-0.1, -0.05) is 81.8 Å². The van der Waals surface area contributed by atoms with Gasteiger partial charge in [-0.3, -0.25) is 4.99 Å². The lowest BCUT2D eigenvalue weighted by Crippen LogP contribution is -2.30. The number of nitrogens with zero attached hydrogens (tertiary/aromatic N) is 1. The van der Waals surface area contributed by atoms with Gasteiger partial charge in [0.05, 0.1) is 6.54 Å². The third-order valence-corrected chi connectivity index (χ3v) is 6.36. The monoisotopic (exact) mass is 357 g/mol. The van der Waals surface area contributed by atoms with Crippen LogP contribution in [0.2, 0.25) is 0 Å². The quantitative estimate of drug-likeness (QED) is 0.491. The maximum Gasteiger partial charge on any atom is 0.0573 e. The van der Waals surface area contributed by atoms with Gasteiger partial charge in [0.1, 0.15) is 0 Å². The molecule has 0 radical (unpaired) electrons. The predicted octanol–water partition coefficient (Wildman–Crippen LogP) is 6.68. The molecule has 0 bridgehead atoms. The SMILES string of the molecule is C1=CCN=C1.CC1(C)CCC2C(=CC=C3C2=CC(C)(C)c2ccccc23)C1. The molecule has 1 saturated carbocycles. The summed E-state index contributed by atoms with van der Waals surface area (Å²) in [7, 11) is 0. The summed E-state index contributed by atoms with van der Waals surface area (Å²) in [6.45, 7) is 10.4. The summed E-state index contributed by atoms with van der Waals surface area (Å²) >= 11 is 0. The van der Waals surface area contributed by atoms with Crippen molar-refractivity contribution in [2.24, 2.45) is 16.3 Å². The minimum atomic E-state index is 0.138. The average molecular weight is 358 g/mol. The van der Waals surface area contributed by atoms with Crippen molar-refractivity contribution >= 4 is 11.8 Å². The van der Waals surface area contributed by atoms with E-state index in [2.05, 4.69) is 75.2 Å². The summed E-state index contributed by atoms with van der Waals surface area (Å²) in [5.41, 5.74) is 8.25. The topological polar surface area (TPSA) is 12.4 Å². The molecule has 0 amide bonds. The van der Waals surface area contributed by atoms with Gasteiger partial charge >= 0.3 is 0 Å². The molecule has 27 heavy (non-hydrogen) atoms. The van der Waals surface area contributed by atoms with Crippen LogP contribution in [-0.4, -0.2) is 12.8 Å². The van der Waals surface area contributed by atoms with Crippen molar-refractivity contribution in [1.29, 1.82) is 0 Å². The lowest BCUT2D eigenvalue weighted by molar-refractivity contribution is 0.262. The molecule has 5 rings (SSSR count). The highest BCUT2D eigenvalue weighted by Gasteiger charge is 2.38. The first-order valence-electron chi connectivity index (χ1n) is 10.3. The standard InChI is InChI=1S/C22H26.C4H5N/c1-21(2)12-11-16-15(13-21)9-10-17-18-7-5-6-8-20(18)22(3,4)14-19(16)17;1-2-4-5-3-1/h5-10,14,16H,11-13H2,1-4H3;1-3H,4H2. The van der Waals surface area contributed by atoms with Crippen LogP contribution in [0, 0.1) is 11.3 Å². The van der Waals surface area contributed by atoms with Gasteiger partial charge in [-0.05, 0) is 53.0 Å². The molecule has 0 aromatic heterocycles. The predicted molar refractivity (Wildman–Crippen MR) is 117 cm³/mol. The molecule has 4 aliphatic rings. The smallest absolute Gasteiger partial charge is 0.0573 e. The molecule has 1 aromatic carbocycles. The molecule has 140 valence electrons. The summed E-state index contributed by atoms with van der Waals surface area (Å²) in [4.78, 5) is 3.85. The lowest BCUT2D eigenvalue weighted by Gasteiger charge is -2.43. The highest BCUT2D eigenvalue weighted by atomic mass is 14.7. The van der Waals surface area contributed by atoms with Crippen LogP contribution in [0.5, 0.6) is 0 Å². The molecule has 1 heteroatoms. The number of benzene rings is 1. The molecule has 1 aliphatic heterocycles. The van der Waals surface area contributed by atoms with Crippen LogP contribution in [-0.2, 0) is 5.41 Å². The van der Waals surface area contributed by atoms with E-state index in [9.17, 15) is 0 Å². The van der Waals surface area contributed by atoms with Gasteiger partial charge in [0.15, 0.2) is 0 Å². The molecule has 1 atom stereocenters. The number of aliphatic imine (C=N–C) groups is 1. The third-order valence-electron chi connectivity index (χ3n) is 6.36. The highest BCUT2D eigenvalue weighted by molar-refractivity contribution is 5.87. The normalized spacial score (nSPS) is 25.8. The molecule has 0 spiro atoms. The number of fused-ring (bicyclic) bond motifs is 5. The van der Waals surface area contributed by atoms with Gasteiger partial charge in [0.2, 0.25) is 0 Å². The molecule has 1 fully saturated rings. The van der Waals surface area contributed by atoms with E-state index in [0.29, 0.717) is 11.3 Å². The Bertz CT molecular complexity index is 877. The highest BCUT2D eigenvalue weighted by Crippen LogP contribution is 2.52. The van der Waals surface area contributed by atoms with E-state index in [1.165, 1.54) is 36.0 Å². The molecule has 0 saturated heterocycles. The van der Waals surface area contributed by atoms with E-state index in [4.69, 9.17) is 0 Å². The summed E-state index contributed by atoms with van der Waals surface area (Å²) in [5, 5.41) is 0. The van der Waals surface area contributed by atoms with Gasteiger partial charge < -0.3 is 0 Å². The number of hydrogen-bond donors (Lipinski definition) is 0. The fraction of sp³-hybridized carbons (Fsp3) is 0.423. The zero-order chi connectivity index (χ0) is 19.1. The summed E-state index contributed by atoms with van der Waals surface area (Å²) in [6.07, 6.45) is 17.0. The number of hydrogen-bond acceptors (Lipinski definition) is 1. The van der Waals surface area contributed by atoms with Crippen molar-refractivity contribution in [3.8, 4) is 0 Å². The molecule has 1 heterocycles. The third kappa shape index (κ3) is 3.52. The van der Waals surface area contributed by atoms with Crippen LogP contribution in [0.15, 0.2) is 70.8 Å². The molecule has 1 aromatic rings. The van der Waals surface area contributed by atoms with Crippen LogP contribution < -0.4 is 0 Å². The molecule has 1 unspecified atom stereocenters. The fourth-order valence-corrected chi connectivity index (χ4v) is 4.96. The molecular weight excluding hydrogens is 326 g/mol. The van der Waals surface area contributed by atoms with Crippen molar-refractivity contribution < 1.29 is 0 Å². The lowest BCUT2D eigenvalue weighted by atomic mass is 9.61. The second-order valence-electron chi connectivity index (χ2n) is 9.56. The van der Waals surface area contributed by atoms with E-state index in [0.717, 1.165) is 6.54 Å². The van der Waals surface area contributed by atoms with Crippen molar-refractivity contribution in [3.05, 3.63) is 76.9 Å². The van der Waals surface area contributed by atoms with Crippen molar-refractivity contribution in [2.45, 2.75) is 52.4 Å². The van der Waals surface area contributed by atoms with Gasteiger partial charge in [-0.2, -0.15) is 0 Å². The average Bonchev–Trinajstić information content (AvgIpc) is 3.20. The molecule has 1 nitrogen and oxygen atoms in total. The first-order chi connectivity index (χ1) is 12.9. The number of rotatable bonds is 0. The van der Waals surface area contributed by atoms with E-state index in [-0.39, 0.29) is 5.41 Å². The van der Waals surface area contributed by atoms with Crippen LogP contribution in [0.1, 0.15) is 58.1 Å². The summed E-state index contributed by atoms with van der Waals surface area (Å²) < 4.78 is 0. The van der Waals surface area contributed by atoms with Crippen LogP contribution in [0.25, 0.3) is 5.57 Å². The van der Waals surface area contributed by atoms with Crippen molar-refractivity contribution in [3.63, 3.8) is 0 Å². The van der Waals surface area contributed by atoms with E-state index in [1.807, 2.05) is 12.2 Å². The first-order valence-corrected chi connectivity index (χ1v) is 10.3. The van der Waals surface area contributed by atoms with Crippen LogP contribution >= 0.6 is 0 Å². The Labute approximate surface area is 164 Å². The fourth-order valence-electron chi connectivity index (χ4n) is 4.96. The van der Waals surface area contributed by atoms with E-state index in [1.54, 1.807) is 17.4 Å². The maximum absolute atomic E-state index is 3.85. The Morgan fingerprint density at radius 1 is 1.04 bits per heavy atom. The second kappa shape index (κ2) is 6.78. The Kier molecular flexibility index (Phi) is 4.58. The zero-order valence-corrected chi connectivity index (χ0v) is 17.1. The van der Waals surface area contributed by atoms with Crippen molar-refractivity contribution in [1.82, 2.24) is 0 Å². The van der Waals surface area contributed by atoms with E-state index < -0.39 is 0 Å². The largest absolute Gasteiger partial charge is 0.289 e.